The summed E-state index contributed by atoms with van der Waals surface area (Å²) >= 11 is 0. The minimum atomic E-state index is -0.774. The van der Waals surface area contributed by atoms with E-state index < -0.39 is 23.9 Å². The maximum atomic E-state index is 14.6. The first-order valence-corrected chi connectivity index (χ1v) is 8.32. The van der Waals surface area contributed by atoms with Crippen molar-refractivity contribution in [2.45, 2.75) is 13.0 Å². The third kappa shape index (κ3) is 4.07. The molecule has 2 heterocycles. The van der Waals surface area contributed by atoms with Crippen molar-refractivity contribution in [1.29, 1.82) is 0 Å². The molecule has 9 nitrogen and oxygen atoms in total. The molecule has 1 saturated heterocycles. The number of hydroxylamine groups is 1. The highest BCUT2D eigenvalue weighted by Crippen LogP contribution is 2.28. The molecule has 2 aromatic rings. The molecule has 1 atom stereocenters. The number of carbonyl (C=O) groups is 3. The van der Waals surface area contributed by atoms with Gasteiger partial charge in [-0.15, -0.1) is 0 Å². The third-order valence-corrected chi connectivity index (χ3v) is 4.13. The van der Waals surface area contributed by atoms with Crippen LogP contribution in [-0.4, -0.2) is 47.3 Å². The molecule has 0 spiro atoms. The Hall–Kier alpha value is -3.53. The Bertz CT molecular complexity index is 919. The van der Waals surface area contributed by atoms with E-state index in [-0.39, 0.29) is 30.3 Å². The smallest absolute Gasteiger partial charge is 0.414 e. The topological polar surface area (TPSA) is 121 Å². The van der Waals surface area contributed by atoms with Crippen molar-refractivity contribution in [3.8, 4) is 11.1 Å². The molecule has 1 aromatic carbocycles. The van der Waals surface area contributed by atoms with Gasteiger partial charge >= 0.3 is 6.09 Å². The zero-order valence-corrected chi connectivity index (χ0v) is 14.8. The molecule has 1 aliphatic heterocycles. The summed E-state index contributed by atoms with van der Waals surface area (Å²) in [4.78, 5) is 39.4. The Balaban J connectivity index is 1.76. The second-order valence-electron chi connectivity index (χ2n) is 6.09. The van der Waals surface area contributed by atoms with Crippen LogP contribution in [0.4, 0.5) is 14.9 Å². The third-order valence-electron chi connectivity index (χ3n) is 4.13. The minimum Gasteiger partial charge on any atom is -0.442 e. The number of cyclic esters (lactones) is 1. The second-order valence-corrected chi connectivity index (χ2v) is 6.09. The van der Waals surface area contributed by atoms with E-state index in [1.165, 1.54) is 47.8 Å². The first kappa shape index (κ1) is 19.2. The second kappa shape index (κ2) is 8.01. The van der Waals surface area contributed by atoms with E-state index in [4.69, 9.17) is 9.94 Å². The summed E-state index contributed by atoms with van der Waals surface area (Å²) in [6.45, 7) is 1.72. The number of ether oxygens (including phenoxy) is 1. The predicted molar refractivity (Wildman–Crippen MR) is 95.2 cm³/mol. The lowest BCUT2D eigenvalue weighted by molar-refractivity contribution is -0.119. The number of pyridine rings is 1. The number of rotatable bonds is 5. The molecule has 0 saturated carbocycles. The van der Waals surface area contributed by atoms with Crippen LogP contribution in [0, 0.1) is 5.82 Å². The number of hydrogen-bond donors (Lipinski definition) is 3. The van der Waals surface area contributed by atoms with Gasteiger partial charge in [-0.3, -0.25) is 24.7 Å². The SMILES string of the molecule is CC(=O)NC[C@H]1CN(c2ccc(-c3ccc(C(=O)NO)nc3)c(F)c2)C(=O)O1. The highest BCUT2D eigenvalue weighted by atomic mass is 19.1. The number of nitrogens with one attached hydrogen (secondary N) is 2. The zero-order chi connectivity index (χ0) is 20.3. The molecule has 3 amide bonds. The molecule has 10 heteroatoms. The quantitative estimate of drug-likeness (QED) is 0.527. The van der Waals surface area contributed by atoms with Crippen molar-refractivity contribution in [1.82, 2.24) is 15.8 Å². The number of amides is 3. The molecule has 1 fully saturated rings. The van der Waals surface area contributed by atoms with Crippen LogP contribution in [-0.2, 0) is 9.53 Å². The maximum absolute atomic E-state index is 14.6. The van der Waals surface area contributed by atoms with Gasteiger partial charge in [-0.1, -0.05) is 6.07 Å². The summed E-state index contributed by atoms with van der Waals surface area (Å²) < 4.78 is 19.8. The Labute approximate surface area is 159 Å². The van der Waals surface area contributed by atoms with Gasteiger partial charge in [0.05, 0.1) is 18.8 Å². The van der Waals surface area contributed by atoms with E-state index in [1.54, 1.807) is 6.07 Å². The Morgan fingerprint density at radius 3 is 2.75 bits per heavy atom. The largest absolute Gasteiger partial charge is 0.442 e. The number of halogens is 1. The Morgan fingerprint density at radius 2 is 2.14 bits per heavy atom. The average molecular weight is 388 g/mol. The fourth-order valence-electron chi connectivity index (χ4n) is 2.75. The van der Waals surface area contributed by atoms with E-state index >= 15 is 0 Å². The van der Waals surface area contributed by atoms with Gasteiger partial charge in [0.15, 0.2) is 0 Å². The molecule has 0 bridgehead atoms. The van der Waals surface area contributed by atoms with Gasteiger partial charge in [-0.2, -0.15) is 0 Å². The van der Waals surface area contributed by atoms with Gasteiger partial charge in [-0.25, -0.2) is 14.7 Å². The Morgan fingerprint density at radius 1 is 1.36 bits per heavy atom. The number of anilines is 1. The fourth-order valence-corrected chi connectivity index (χ4v) is 2.75. The van der Waals surface area contributed by atoms with Crippen molar-refractivity contribution in [2.24, 2.45) is 0 Å². The Kier molecular flexibility index (Phi) is 5.50. The van der Waals surface area contributed by atoms with Crippen LogP contribution in [0.5, 0.6) is 0 Å². The van der Waals surface area contributed by atoms with E-state index in [0.29, 0.717) is 11.3 Å². The first-order chi connectivity index (χ1) is 13.4. The number of benzene rings is 1. The van der Waals surface area contributed by atoms with Crippen LogP contribution in [0.2, 0.25) is 0 Å². The van der Waals surface area contributed by atoms with Crippen LogP contribution in [0.1, 0.15) is 17.4 Å². The van der Waals surface area contributed by atoms with Crippen molar-refractivity contribution < 1.29 is 28.7 Å². The van der Waals surface area contributed by atoms with Gasteiger partial charge < -0.3 is 10.1 Å². The number of hydrogen-bond acceptors (Lipinski definition) is 6. The first-order valence-electron chi connectivity index (χ1n) is 8.32. The van der Waals surface area contributed by atoms with Crippen LogP contribution in [0.15, 0.2) is 36.5 Å². The van der Waals surface area contributed by atoms with Gasteiger partial charge in [-0.05, 0) is 24.3 Å². The van der Waals surface area contributed by atoms with Gasteiger partial charge in [0, 0.05) is 24.2 Å². The molecule has 0 radical (unpaired) electrons. The fraction of sp³-hybridized carbons (Fsp3) is 0.222. The summed E-state index contributed by atoms with van der Waals surface area (Å²) in [6.07, 6.45) is 0.160. The molecule has 28 heavy (non-hydrogen) atoms. The highest BCUT2D eigenvalue weighted by molar-refractivity contribution is 5.92. The van der Waals surface area contributed by atoms with Crippen molar-refractivity contribution in [2.75, 3.05) is 18.0 Å². The molecule has 1 aromatic heterocycles. The van der Waals surface area contributed by atoms with Crippen molar-refractivity contribution in [3.63, 3.8) is 0 Å². The number of carbonyl (C=O) groups excluding carboxylic acids is 3. The lowest BCUT2D eigenvalue weighted by atomic mass is 10.1. The minimum absolute atomic E-state index is 0.0201. The van der Waals surface area contributed by atoms with Gasteiger partial charge in [0.25, 0.3) is 5.91 Å². The van der Waals surface area contributed by atoms with E-state index in [0.717, 1.165) is 0 Å². The van der Waals surface area contributed by atoms with Crippen molar-refractivity contribution in [3.05, 3.63) is 48.0 Å². The van der Waals surface area contributed by atoms with Gasteiger partial charge in [0.1, 0.15) is 17.6 Å². The molecule has 0 unspecified atom stereocenters. The lowest BCUT2D eigenvalue weighted by Crippen LogP contribution is -2.33. The highest BCUT2D eigenvalue weighted by Gasteiger charge is 2.32. The predicted octanol–water partition coefficient (Wildman–Crippen LogP) is 1.47. The normalized spacial score (nSPS) is 15.9. The summed E-state index contributed by atoms with van der Waals surface area (Å²) in [7, 11) is 0. The molecule has 3 N–H and O–H groups in total. The molecular formula is C18H17FN4O5. The summed E-state index contributed by atoms with van der Waals surface area (Å²) in [5.41, 5.74) is 2.42. The number of aromatic nitrogens is 1. The van der Waals surface area contributed by atoms with E-state index in [9.17, 15) is 18.8 Å². The van der Waals surface area contributed by atoms with Crippen LogP contribution in [0.3, 0.4) is 0 Å². The summed E-state index contributed by atoms with van der Waals surface area (Å²) in [5.74, 6) is -1.60. The van der Waals surface area contributed by atoms with E-state index in [2.05, 4.69) is 10.3 Å². The van der Waals surface area contributed by atoms with Crippen molar-refractivity contribution >= 4 is 23.6 Å². The lowest BCUT2D eigenvalue weighted by Gasteiger charge is -2.14. The zero-order valence-electron chi connectivity index (χ0n) is 14.8. The maximum Gasteiger partial charge on any atom is 0.414 e. The number of nitrogens with zero attached hydrogens (tertiary/aromatic N) is 2. The molecule has 0 aliphatic carbocycles. The average Bonchev–Trinajstić information content (AvgIpc) is 3.06. The molecule has 1 aliphatic rings. The van der Waals surface area contributed by atoms with Crippen LogP contribution in [0.25, 0.3) is 11.1 Å². The van der Waals surface area contributed by atoms with Gasteiger partial charge in [0.2, 0.25) is 5.91 Å². The summed E-state index contributed by atoms with van der Waals surface area (Å²) in [6, 6.07) is 7.09. The van der Waals surface area contributed by atoms with Crippen LogP contribution < -0.4 is 15.7 Å². The summed E-state index contributed by atoms with van der Waals surface area (Å²) in [5, 5.41) is 11.2. The van der Waals surface area contributed by atoms with E-state index in [1.807, 2.05) is 0 Å². The monoisotopic (exact) mass is 388 g/mol. The molecular weight excluding hydrogens is 371 g/mol. The standard InChI is InChI=1S/C18H17FN4O5/c1-10(24)20-8-13-9-23(18(26)28-13)12-3-4-14(15(19)6-12)11-2-5-16(21-7-11)17(25)22-27/h2-7,13,27H,8-9H2,1H3,(H,20,24)(H,22,25)/t13-/m0/s1. The molecule has 146 valence electrons. The van der Waals surface area contributed by atoms with Crippen LogP contribution >= 0.6 is 0 Å². The molecule has 3 rings (SSSR count).